The molecule has 14 heteroatoms. The van der Waals surface area contributed by atoms with Crippen LogP contribution in [0.2, 0.25) is 10.0 Å². The minimum atomic E-state index is -1.32. The Kier molecular flexibility index (Phi) is 12.5. The summed E-state index contributed by atoms with van der Waals surface area (Å²) >= 11 is 12.2. The smallest absolute Gasteiger partial charge is 0.411 e. The van der Waals surface area contributed by atoms with Gasteiger partial charge in [-0.05, 0) is 88.7 Å². The van der Waals surface area contributed by atoms with Gasteiger partial charge < -0.3 is 29.7 Å². The van der Waals surface area contributed by atoms with E-state index in [1.54, 1.807) is 66.7 Å². The quantitative estimate of drug-likeness (QED) is 0.118. The zero-order chi connectivity index (χ0) is 43.5. The molecule has 5 aromatic carbocycles. The van der Waals surface area contributed by atoms with Gasteiger partial charge in [0, 0.05) is 36.8 Å². The van der Waals surface area contributed by atoms with Gasteiger partial charge in [-0.2, -0.15) is 5.26 Å². The lowest BCUT2D eigenvalue weighted by Gasteiger charge is -2.37. The average Bonchev–Trinajstić information content (AvgIpc) is 3.69. The molecule has 0 saturated heterocycles. The zero-order valence-electron chi connectivity index (χ0n) is 33.3. The molecule has 2 aliphatic heterocycles. The molecule has 0 aromatic heterocycles. The molecule has 0 bridgehead atoms. The molecule has 5 aromatic rings. The Balaban J connectivity index is 0.980. The van der Waals surface area contributed by atoms with Crippen molar-refractivity contribution in [1.82, 2.24) is 10.2 Å². The number of fused-ring (bicyclic) bond motifs is 2. The zero-order valence-corrected chi connectivity index (χ0v) is 34.8. The van der Waals surface area contributed by atoms with Crippen molar-refractivity contribution in [2.75, 3.05) is 0 Å². The molecule has 1 saturated carbocycles. The number of nitriles is 1. The van der Waals surface area contributed by atoms with E-state index in [1.807, 2.05) is 36.4 Å². The molecular weight excluding hydrogens is 833 g/mol. The van der Waals surface area contributed by atoms with Crippen LogP contribution < -0.4 is 14.8 Å². The predicted molar refractivity (Wildman–Crippen MR) is 229 cm³/mol. The van der Waals surface area contributed by atoms with Gasteiger partial charge in [0.05, 0.1) is 34.3 Å². The Morgan fingerprint density at radius 1 is 0.871 bits per heavy atom. The van der Waals surface area contributed by atoms with Gasteiger partial charge in [0.2, 0.25) is 5.91 Å². The number of hydrogen-bond acceptors (Lipinski definition) is 9. The lowest BCUT2D eigenvalue weighted by Crippen LogP contribution is -2.56. The van der Waals surface area contributed by atoms with Gasteiger partial charge in [-0.25, -0.2) is 9.59 Å². The summed E-state index contributed by atoms with van der Waals surface area (Å²) in [6.07, 6.45) is -1.46. The van der Waals surface area contributed by atoms with Crippen LogP contribution in [0.25, 0.3) is 11.1 Å². The highest BCUT2D eigenvalue weighted by atomic mass is 35.5. The molecule has 2 heterocycles. The van der Waals surface area contributed by atoms with Gasteiger partial charge in [0.25, 0.3) is 0 Å². The number of ketones is 1. The minimum Gasteiger partial charge on any atom is -0.489 e. The highest BCUT2D eigenvalue weighted by Crippen LogP contribution is 2.38. The Hall–Kier alpha value is -6.39. The number of hydrogen-bond donors (Lipinski definition) is 3. The third-order valence-corrected chi connectivity index (χ3v) is 12.2. The van der Waals surface area contributed by atoms with Crippen molar-refractivity contribution in [1.29, 1.82) is 5.26 Å². The number of carboxylic acids is 1. The minimum absolute atomic E-state index is 0.0228. The summed E-state index contributed by atoms with van der Waals surface area (Å²) in [6, 6.07) is 29.9. The first kappa shape index (κ1) is 42.3. The number of halogens is 2. The maximum atomic E-state index is 14.1. The fourth-order valence-corrected chi connectivity index (χ4v) is 8.43. The second kappa shape index (κ2) is 18.3. The summed E-state index contributed by atoms with van der Waals surface area (Å²) in [6.45, 7) is 0.219. The van der Waals surface area contributed by atoms with E-state index < -0.39 is 48.4 Å². The number of aliphatic carboxylic acids is 1. The van der Waals surface area contributed by atoms with Crippen LogP contribution in [0.5, 0.6) is 11.5 Å². The van der Waals surface area contributed by atoms with Crippen molar-refractivity contribution in [3.8, 4) is 28.7 Å². The molecule has 3 aliphatic rings. The van der Waals surface area contributed by atoms with E-state index in [0.29, 0.717) is 67.8 Å². The molecule has 0 spiro atoms. The number of benzene rings is 5. The molecule has 1 aliphatic carbocycles. The van der Waals surface area contributed by atoms with Crippen LogP contribution >= 0.6 is 23.2 Å². The Morgan fingerprint density at radius 2 is 1.58 bits per heavy atom. The lowest BCUT2D eigenvalue weighted by molar-refractivity contribution is -0.142. The van der Waals surface area contributed by atoms with Crippen molar-refractivity contribution >= 4 is 47.0 Å². The summed E-state index contributed by atoms with van der Waals surface area (Å²) < 4.78 is 18.0. The van der Waals surface area contributed by atoms with Crippen LogP contribution in [-0.4, -0.2) is 63.2 Å². The van der Waals surface area contributed by atoms with Crippen molar-refractivity contribution in [2.24, 2.45) is 0 Å². The Bertz CT molecular complexity index is 2560. The molecular formula is C48H41Cl2N3O9. The third-order valence-electron chi connectivity index (χ3n) is 11.5. The molecule has 1 fully saturated rings. The van der Waals surface area contributed by atoms with Crippen molar-refractivity contribution in [2.45, 2.75) is 82.1 Å². The molecule has 0 radical (unpaired) electrons. The highest BCUT2D eigenvalue weighted by molar-refractivity contribution is 6.42. The van der Waals surface area contributed by atoms with Crippen molar-refractivity contribution in [3.63, 3.8) is 0 Å². The first-order valence-electron chi connectivity index (χ1n) is 20.2. The second-order valence-electron chi connectivity index (χ2n) is 15.8. The van der Waals surface area contributed by atoms with Gasteiger partial charge in [-0.1, -0.05) is 83.9 Å². The SMILES string of the molecule is N#Cc1ccc(-c2ccc(C[C@H](NC(=O)[C@@H]3Cc4cc5c(cc4CN3C(=O)OC3CCC(O)C3)OC(c3ccc(OCc4ccc(Cl)c(Cl)c4)cc3)C(=O)C5)C(=O)O)cc2)cc1. The molecule has 2 amide bonds. The van der Waals surface area contributed by atoms with Crippen LogP contribution in [0.15, 0.2) is 103 Å². The van der Waals surface area contributed by atoms with Gasteiger partial charge in [0.15, 0.2) is 11.9 Å². The molecule has 8 rings (SSSR count). The second-order valence-corrected chi connectivity index (χ2v) is 16.6. The maximum Gasteiger partial charge on any atom is 0.411 e. The van der Waals surface area contributed by atoms with Crippen LogP contribution in [-0.2, 0) is 51.5 Å². The van der Waals surface area contributed by atoms with E-state index in [0.717, 1.165) is 16.7 Å². The number of nitrogens with one attached hydrogen (secondary N) is 1. The van der Waals surface area contributed by atoms with Gasteiger partial charge in [-0.15, -0.1) is 0 Å². The molecule has 3 unspecified atom stereocenters. The maximum absolute atomic E-state index is 14.1. The Labute approximate surface area is 367 Å². The number of carboxylic acid groups (broad SMARTS) is 1. The van der Waals surface area contributed by atoms with Crippen LogP contribution in [0.1, 0.15) is 64.3 Å². The van der Waals surface area contributed by atoms with Gasteiger partial charge >= 0.3 is 12.1 Å². The predicted octanol–water partition coefficient (Wildman–Crippen LogP) is 7.95. The monoisotopic (exact) mass is 873 g/mol. The number of amides is 2. The van der Waals surface area contributed by atoms with Gasteiger partial charge in [0.1, 0.15) is 36.3 Å². The number of aliphatic hydroxyl groups is 1. The third kappa shape index (κ3) is 9.56. The van der Waals surface area contributed by atoms with Crippen molar-refractivity contribution in [3.05, 3.63) is 152 Å². The molecule has 3 N–H and O–H groups in total. The molecule has 62 heavy (non-hydrogen) atoms. The number of carbonyl (C=O) groups is 4. The number of rotatable bonds is 11. The van der Waals surface area contributed by atoms with E-state index in [9.17, 15) is 29.4 Å². The molecule has 5 atom stereocenters. The topological polar surface area (TPSA) is 175 Å². The number of ether oxygens (including phenoxy) is 3. The standard InChI is InChI=1S/C48H41Cl2N3O9/c49-39-16-5-29(17-40(39)50)26-60-37-13-10-32(11-14-37)45-43(55)21-34-19-33-20-42(53(25-35(33)22-44(34)62-45)48(59)61-38-15-12-36(54)23-38)46(56)52-41(47(57)58)18-27-1-6-30(7-2-27)31-8-3-28(24-51)4-9-31/h1-11,13-14,16-17,19,22,36,38,41-42,45,54H,12,15,18,20-21,23,25-26H2,(H,52,56)(H,57,58)/t36?,38?,41-,42-,45?/m0/s1. The summed E-state index contributed by atoms with van der Waals surface area (Å²) in [7, 11) is 0. The largest absolute Gasteiger partial charge is 0.489 e. The van der Waals surface area contributed by atoms with Crippen LogP contribution in [0, 0.1) is 11.3 Å². The number of nitrogens with zero attached hydrogens (tertiary/aromatic N) is 2. The van der Waals surface area contributed by atoms with E-state index in [-0.39, 0.29) is 44.6 Å². The van der Waals surface area contributed by atoms with Crippen LogP contribution in [0.3, 0.4) is 0 Å². The number of aliphatic hydroxyl groups excluding tert-OH is 1. The molecule has 12 nitrogen and oxygen atoms in total. The first-order valence-corrected chi connectivity index (χ1v) is 20.9. The first-order chi connectivity index (χ1) is 29.9. The fraction of sp³-hybridized carbons (Fsp3) is 0.271. The Morgan fingerprint density at radius 3 is 2.24 bits per heavy atom. The normalized spacial score (nSPS) is 19.6. The van der Waals surface area contributed by atoms with E-state index >= 15 is 0 Å². The van der Waals surface area contributed by atoms with Crippen molar-refractivity contribution < 1.29 is 43.6 Å². The lowest BCUT2D eigenvalue weighted by atomic mass is 9.88. The fourth-order valence-electron chi connectivity index (χ4n) is 8.11. The van der Waals surface area contributed by atoms with E-state index in [4.69, 9.17) is 42.7 Å². The summed E-state index contributed by atoms with van der Waals surface area (Å²) in [5, 5.41) is 33.0. The summed E-state index contributed by atoms with van der Waals surface area (Å²) in [5.74, 6) is -1.02. The summed E-state index contributed by atoms with van der Waals surface area (Å²) in [4.78, 5) is 55.4. The van der Waals surface area contributed by atoms with Crippen LogP contribution in [0.4, 0.5) is 4.79 Å². The number of Topliss-reactive ketones (excluding diaryl/α,β-unsaturated/α-hetero) is 1. The van der Waals surface area contributed by atoms with Gasteiger partial charge in [-0.3, -0.25) is 14.5 Å². The number of carbonyl (C=O) groups excluding carboxylic acids is 3. The summed E-state index contributed by atoms with van der Waals surface area (Å²) in [5.41, 5.74) is 6.49. The molecule has 316 valence electrons. The average molecular weight is 875 g/mol. The van der Waals surface area contributed by atoms with E-state index in [2.05, 4.69) is 11.4 Å². The highest BCUT2D eigenvalue weighted by Gasteiger charge is 2.40. The van der Waals surface area contributed by atoms with E-state index in [1.165, 1.54) is 4.90 Å².